The van der Waals surface area contributed by atoms with Crippen molar-refractivity contribution < 1.29 is 17.9 Å². The zero-order chi connectivity index (χ0) is 27.0. The second-order valence-corrected chi connectivity index (χ2v) is 11.2. The average Bonchev–Trinajstić information content (AvgIpc) is 2.92. The summed E-state index contributed by atoms with van der Waals surface area (Å²) in [6.07, 6.45) is 1.48. The molecule has 0 bridgehead atoms. The lowest BCUT2D eigenvalue weighted by atomic mass is 10.2. The minimum Gasteiger partial charge on any atom is -0.489 e. The molecule has 0 fully saturated rings. The molecule has 0 spiro atoms. The van der Waals surface area contributed by atoms with E-state index in [0.29, 0.717) is 22.5 Å². The molecule has 4 aromatic rings. The predicted octanol–water partition coefficient (Wildman–Crippen LogP) is 5.68. The number of aryl methyl sites for hydroxylation is 1. The van der Waals surface area contributed by atoms with Crippen molar-refractivity contribution in [1.29, 1.82) is 0 Å². The number of sulfonamides is 1. The van der Waals surface area contributed by atoms with E-state index < -0.39 is 22.5 Å². The number of hydrogen-bond acceptors (Lipinski definition) is 5. The van der Waals surface area contributed by atoms with Crippen molar-refractivity contribution in [2.45, 2.75) is 18.4 Å². The number of anilines is 1. The molecule has 0 heterocycles. The highest BCUT2D eigenvalue weighted by atomic mass is 79.9. The lowest BCUT2D eigenvalue weighted by Crippen LogP contribution is -2.39. The van der Waals surface area contributed by atoms with E-state index in [2.05, 4.69) is 26.5 Å². The predicted molar refractivity (Wildman–Crippen MR) is 153 cm³/mol. The van der Waals surface area contributed by atoms with E-state index in [1.165, 1.54) is 23.9 Å². The summed E-state index contributed by atoms with van der Waals surface area (Å²) in [5.74, 6) is 0.126. The summed E-state index contributed by atoms with van der Waals surface area (Å²) in [4.78, 5) is 12.8. The number of benzene rings is 4. The van der Waals surface area contributed by atoms with Gasteiger partial charge in [0.2, 0.25) is 0 Å². The van der Waals surface area contributed by atoms with Crippen LogP contribution >= 0.6 is 15.9 Å². The fourth-order valence-electron chi connectivity index (χ4n) is 3.51. The molecular formula is C29H26BrN3O4S. The third-order valence-corrected chi connectivity index (χ3v) is 7.81. The summed E-state index contributed by atoms with van der Waals surface area (Å²) >= 11 is 3.36. The van der Waals surface area contributed by atoms with Gasteiger partial charge in [-0.1, -0.05) is 70.0 Å². The van der Waals surface area contributed by atoms with Crippen molar-refractivity contribution in [1.82, 2.24) is 5.43 Å². The van der Waals surface area contributed by atoms with Crippen LogP contribution in [0.5, 0.6) is 5.75 Å². The van der Waals surface area contributed by atoms with Crippen molar-refractivity contribution in [3.63, 3.8) is 0 Å². The summed E-state index contributed by atoms with van der Waals surface area (Å²) in [6.45, 7) is 2.05. The number of hydrogen-bond donors (Lipinski definition) is 1. The minimum atomic E-state index is -3.99. The molecule has 1 N–H and O–H groups in total. The molecular weight excluding hydrogens is 566 g/mol. The van der Waals surface area contributed by atoms with E-state index in [-0.39, 0.29) is 4.90 Å². The molecule has 38 heavy (non-hydrogen) atoms. The van der Waals surface area contributed by atoms with Crippen molar-refractivity contribution in [2.75, 3.05) is 10.8 Å². The van der Waals surface area contributed by atoms with Gasteiger partial charge in [0.1, 0.15) is 18.9 Å². The number of amides is 1. The lowest BCUT2D eigenvalue weighted by Gasteiger charge is -2.23. The summed E-state index contributed by atoms with van der Waals surface area (Å²) in [7, 11) is -3.99. The molecule has 0 radical (unpaired) electrons. The molecule has 7 nitrogen and oxygen atoms in total. The van der Waals surface area contributed by atoms with Crippen LogP contribution in [0, 0.1) is 6.92 Å². The smallest absolute Gasteiger partial charge is 0.264 e. The summed E-state index contributed by atoms with van der Waals surface area (Å²) in [5, 5.41) is 4.00. The Kier molecular flexibility index (Phi) is 8.93. The van der Waals surface area contributed by atoms with Crippen LogP contribution < -0.4 is 14.5 Å². The topological polar surface area (TPSA) is 88.1 Å². The molecule has 4 aromatic carbocycles. The zero-order valence-electron chi connectivity index (χ0n) is 20.6. The average molecular weight is 593 g/mol. The zero-order valence-corrected chi connectivity index (χ0v) is 23.0. The third-order valence-electron chi connectivity index (χ3n) is 5.52. The first-order chi connectivity index (χ1) is 18.3. The fraction of sp³-hybridized carbons (Fsp3) is 0.103. The first-order valence-corrected chi connectivity index (χ1v) is 14.0. The van der Waals surface area contributed by atoms with Crippen molar-refractivity contribution in [3.05, 3.63) is 124 Å². The Bertz CT molecular complexity index is 1510. The van der Waals surface area contributed by atoms with E-state index in [0.717, 1.165) is 15.4 Å². The number of rotatable bonds is 10. The molecule has 0 aliphatic carbocycles. The standard InChI is InChI=1S/C29H26BrN3O4S/c1-22-10-12-24(13-11-22)21-37-27-16-14-23(15-17-27)19-31-32-29(34)20-33(26-7-5-6-25(30)18-26)38(35,36)28-8-3-2-4-9-28/h2-19H,20-21H2,1H3,(H,32,34)/b31-19-. The van der Waals surface area contributed by atoms with Gasteiger partial charge >= 0.3 is 0 Å². The first kappa shape index (κ1) is 27.1. The minimum absolute atomic E-state index is 0.0842. The van der Waals surface area contributed by atoms with Crippen LogP contribution in [-0.4, -0.2) is 27.1 Å². The Labute approximate surface area is 231 Å². The van der Waals surface area contributed by atoms with Crippen molar-refractivity contribution in [3.8, 4) is 5.75 Å². The number of carbonyl (C=O) groups excluding carboxylic acids is 1. The van der Waals surface area contributed by atoms with Crippen LogP contribution in [0.15, 0.2) is 118 Å². The number of nitrogens with one attached hydrogen (secondary N) is 1. The van der Waals surface area contributed by atoms with Gasteiger partial charge in [0.25, 0.3) is 15.9 Å². The van der Waals surface area contributed by atoms with Crippen LogP contribution in [0.4, 0.5) is 5.69 Å². The fourth-order valence-corrected chi connectivity index (χ4v) is 5.33. The Morgan fingerprint density at radius 2 is 1.66 bits per heavy atom. The Balaban J connectivity index is 1.39. The van der Waals surface area contributed by atoms with E-state index >= 15 is 0 Å². The van der Waals surface area contributed by atoms with Crippen LogP contribution in [0.1, 0.15) is 16.7 Å². The molecule has 0 aromatic heterocycles. The summed E-state index contributed by atoms with van der Waals surface area (Å²) < 4.78 is 34.2. The Hall–Kier alpha value is -3.95. The van der Waals surface area contributed by atoms with E-state index in [4.69, 9.17) is 4.74 Å². The first-order valence-electron chi connectivity index (χ1n) is 11.7. The number of halogens is 1. The number of ether oxygens (including phenoxy) is 1. The molecule has 0 aliphatic rings. The lowest BCUT2D eigenvalue weighted by molar-refractivity contribution is -0.119. The summed E-state index contributed by atoms with van der Waals surface area (Å²) in [5.41, 5.74) is 5.79. The van der Waals surface area contributed by atoms with Crippen molar-refractivity contribution >= 4 is 43.8 Å². The van der Waals surface area contributed by atoms with Crippen LogP contribution in [-0.2, 0) is 21.4 Å². The highest BCUT2D eigenvalue weighted by Gasteiger charge is 2.27. The van der Waals surface area contributed by atoms with Gasteiger partial charge < -0.3 is 4.74 Å². The van der Waals surface area contributed by atoms with Gasteiger partial charge in [-0.25, -0.2) is 13.8 Å². The molecule has 0 aliphatic heterocycles. The second kappa shape index (κ2) is 12.5. The van der Waals surface area contributed by atoms with Crippen LogP contribution in [0.25, 0.3) is 0 Å². The maximum absolute atomic E-state index is 13.3. The molecule has 0 unspecified atom stereocenters. The van der Waals surface area contributed by atoms with Gasteiger partial charge in [0, 0.05) is 4.47 Å². The maximum atomic E-state index is 13.3. The molecule has 1 amide bonds. The molecule has 4 rings (SSSR count). The largest absolute Gasteiger partial charge is 0.489 e. The highest BCUT2D eigenvalue weighted by molar-refractivity contribution is 9.10. The van der Waals surface area contributed by atoms with Gasteiger partial charge in [-0.3, -0.25) is 9.10 Å². The van der Waals surface area contributed by atoms with E-state index in [9.17, 15) is 13.2 Å². The molecule has 194 valence electrons. The Morgan fingerprint density at radius 1 is 0.947 bits per heavy atom. The van der Waals surface area contributed by atoms with Gasteiger partial charge in [-0.2, -0.15) is 5.10 Å². The quantitative estimate of drug-likeness (QED) is 0.190. The SMILES string of the molecule is Cc1ccc(COc2ccc(/C=N\NC(=O)CN(c3cccc(Br)c3)S(=O)(=O)c3ccccc3)cc2)cc1. The molecule has 0 atom stereocenters. The number of nitrogens with zero attached hydrogens (tertiary/aromatic N) is 2. The highest BCUT2D eigenvalue weighted by Crippen LogP contribution is 2.26. The normalized spacial score (nSPS) is 11.3. The number of carbonyl (C=O) groups is 1. The molecule has 0 saturated heterocycles. The second-order valence-electron chi connectivity index (χ2n) is 8.44. The maximum Gasteiger partial charge on any atom is 0.264 e. The number of hydrazone groups is 1. The van der Waals surface area contributed by atoms with Crippen molar-refractivity contribution in [2.24, 2.45) is 5.10 Å². The van der Waals surface area contributed by atoms with Gasteiger partial charge in [0.05, 0.1) is 16.8 Å². The van der Waals surface area contributed by atoms with Crippen LogP contribution in [0.3, 0.4) is 0 Å². The summed E-state index contributed by atoms with van der Waals surface area (Å²) in [6, 6.07) is 30.1. The third kappa shape index (κ3) is 7.30. The molecule has 0 saturated carbocycles. The van der Waals surface area contributed by atoms with Gasteiger partial charge in [0.15, 0.2) is 0 Å². The monoisotopic (exact) mass is 591 g/mol. The Morgan fingerprint density at radius 3 is 2.34 bits per heavy atom. The van der Waals surface area contributed by atoms with Gasteiger partial charge in [-0.05, 0) is 72.6 Å². The molecule has 9 heteroatoms. The van der Waals surface area contributed by atoms with Gasteiger partial charge in [-0.15, -0.1) is 0 Å². The van der Waals surface area contributed by atoms with E-state index in [1.807, 2.05) is 55.5 Å². The van der Waals surface area contributed by atoms with Crippen LogP contribution in [0.2, 0.25) is 0 Å². The van der Waals surface area contributed by atoms with E-state index in [1.54, 1.807) is 42.5 Å².